The second kappa shape index (κ2) is 7.77. The fourth-order valence-corrected chi connectivity index (χ4v) is 3.78. The molecule has 3 N–H and O–H groups in total. The van der Waals surface area contributed by atoms with Crippen LogP contribution in [0.15, 0.2) is 34.3 Å². The Morgan fingerprint density at radius 1 is 1.52 bits per heavy atom. The number of hydrogen-bond donors (Lipinski definition) is 2. The molecule has 1 fully saturated rings. The van der Waals surface area contributed by atoms with E-state index in [-0.39, 0.29) is 5.91 Å². The fraction of sp³-hybridized carbons (Fsp3) is 0.471. The summed E-state index contributed by atoms with van der Waals surface area (Å²) < 4.78 is 5.21. The first-order valence-electron chi connectivity index (χ1n) is 8.05. The van der Waals surface area contributed by atoms with Crippen molar-refractivity contribution in [2.75, 3.05) is 19.6 Å². The maximum absolute atomic E-state index is 12.1. The van der Waals surface area contributed by atoms with E-state index in [0.717, 1.165) is 19.6 Å². The molecule has 124 valence electrons. The minimum Gasteiger partial charge on any atom is -0.467 e. The Morgan fingerprint density at radius 2 is 2.43 bits per heavy atom. The standard InChI is InChI=1S/C17H23N3O2S/c18-8-15-7-14(12-22-15)17(21)19-9-13-3-1-5-20(10-13)11-16-4-2-6-23-16/h2,4,6-7,12-13H,1,3,5,8-11,18H2,(H,19,21). The summed E-state index contributed by atoms with van der Waals surface area (Å²) in [6, 6.07) is 5.99. The smallest absolute Gasteiger partial charge is 0.254 e. The Hall–Kier alpha value is -1.63. The van der Waals surface area contributed by atoms with Crippen molar-refractivity contribution in [3.8, 4) is 0 Å². The summed E-state index contributed by atoms with van der Waals surface area (Å²) in [5.74, 6) is 1.06. The van der Waals surface area contributed by atoms with Crippen LogP contribution in [0.3, 0.4) is 0 Å². The molecular formula is C17H23N3O2S. The topological polar surface area (TPSA) is 71.5 Å². The average Bonchev–Trinajstić information content (AvgIpc) is 3.24. The first-order chi connectivity index (χ1) is 11.2. The van der Waals surface area contributed by atoms with Crippen LogP contribution in [0.5, 0.6) is 0 Å². The normalized spacial score (nSPS) is 18.9. The van der Waals surface area contributed by atoms with E-state index in [1.807, 2.05) is 0 Å². The minimum absolute atomic E-state index is 0.0798. The second-order valence-corrected chi connectivity index (χ2v) is 7.07. The lowest BCUT2D eigenvalue weighted by Crippen LogP contribution is -2.40. The molecule has 5 nitrogen and oxygen atoms in total. The van der Waals surface area contributed by atoms with Crippen LogP contribution < -0.4 is 11.1 Å². The van der Waals surface area contributed by atoms with Crippen LogP contribution in [0.2, 0.25) is 0 Å². The van der Waals surface area contributed by atoms with Crippen molar-refractivity contribution >= 4 is 17.2 Å². The summed E-state index contributed by atoms with van der Waals surface area (Å²) >= 11 is 1.81. The van der Waals surface area contributed by atoms with Gasteiger partial charge in [-0.2, -0.15) is 0 Å². The molecule has 3 rings (SSSR count). The van der Waals surface area contributed by atoms with E-state index in [9.17, 15) is 4.79 Å². The summed E-state index contributed by atoms with van der Waals surface area (Å²) in [5, 5.41) is 5.14. The molecule has 1 saturated heterocycles. The van der Waals surface area contributed by atoms with Gasteiger partial charge in [0.05, 0.1) is 12.1 Å². The quantitative estimate of drug-likeness (QED) is 0.852. The Balaban J connectivity index is 1.46. The van der Waals surface area contributed by atoms with Crippen molar-refractivity contribution in [2.45, 2.75) is 25.9 Å². The van der Waals surface area contributed by atoms with Crippen LogP contribution in [0.25, 0.3) is 0 Å². The predicted molar refractivity (Wildman–Crippen MR) is 91.3 cm³/mol. The third-order valence-electron chi connectivity index (χ3n) is 4.23. The van der Waals surface area contributed by atoms with E-state index >= 15 is 0 Å². The highest BCUT2D eigenvalue weighted by Gasteiger charge is 2.21. The lowest BCUT2D eigenvalue weighted by Gasteiger charge is -2.32. The van der Waals surface area contributed by atoms with Gasteiger partial charge >= 0.3 is 0 Å². The van der Waals surface area contributed by atoms with Crippen LogP contribution in [-0.2, 0) is 13.1 Å². The molecule has 0 bridgehead atoms. The zero-order valence-corrected chi connectivity index (χ0v) is 14.0. The highest BCUT2D eigenvalue weighted by molar-refractivity contribution is 7.09. The molecule has 2 aromatic heterocycles. The van der Waals surface area contributed by atoms with Gasteiger partial charge in [0.2, 0.25) is 0 Å². The number of carbonyl (C=O) groups is 1. The summed E-state index contributed by atoms with van der Waals surface area (Å²) in [5.41, 5.74) is 6.05. The maximum Gasteiger partial charge on any atom is 0.254 e. The van der Waals surface area contributed by atoms with Crippen LogP contribution in [0, 0.1) is 5.92 Å². The Bertz CT molecular complexity index is 624. The molecule has 6 heteroatoms. The molecule has 2 aromatic rings. The molecule has 0 aromatic carbocycles. The molecule has 1 atom stereocenters. The number of nitrogens with zero attached hydrogens (tertiary/aromatic N) is 1. The first kappa shape index (κ1) is 16.2. The summed E-state index contributed by atoms with van der Waals surface area (Å²) in [6.45, 7) is 4.22. The van der Waals surface area contributed by atoms with Gasteiger partial charge in [0.15, 0.2) is 0 Å². The Kier molecular flexibility index (Phi) is 5.48. The Labute approximate surface area is 140 Å². The molecule has 23 heavy (non-hydrogen) atoms. The van der Waals surface area contributed by atoms with E-state index in [1.54, 1.807) is 17.4 Å². The molecule has 0 radical (unpaired) electrons. The van der Waals surface area contributed by atoms with E-state index in [4.69, 9.17) is 10.2 Å². The molecule has 0 spiro atoms. The van der Waals surface area contributed by atoms with Crippen LogP contribution in [0.4, 0.5) is 0 Å². The molecule has 3 heterocycles. The van der Waals surface area contributed by atoms with Crippen molar-refractivity contribution in [1.82, 2.24) is 10.2 Å². The number of furan rings is 1. The number of thiophene rings is 1. The average molecular weight is 333 g/mol. The summed E-state index contributed by atoms with van der Waals surface area (Å²) in [6.07, 6.45) is 3.83. The van der Waals surface area contributed by atoms with Gasteiger partial charge in [-0.1, -0.05) is 6.07 Å². The zero-order valence-electron chi connectivity index (χ0n) is 13.2. The van der Waals surface area contributed by atoms with Gasteiger partial charge < -0.3 is 15.5 Å². The third kappa shape index (κ3) is 4.43. The number of hydrogen-bond acceptors (Lipinski definition) is 5. The molecule has 1 aliphatic rings. The molecule has 0 saturated carbocycles. The molecule has 1 unspecified atom stereocenters. The van der Waals surface area contributed by atoms with Gasteiger partial charge in [0.1, 0.15) is 12.0 Å². The molecular weight excluding hydrogens is 310 g/mol. The number of amides is 1. The summed E-state index contributed by atoms with van der Waals surface area (Å²) in [7, 11) is 0. The van der Waals surface area contributed by atoms with Gasteiger partial charge in [-0.25, -0.2) is 0 Å². The lowest BCUT2D eigenvalue weighted by atomic mass is 9.98. The van der Waals surface area contributed by atoms with Gasteiger partial charge in [-0.15, -0.1) is 11.3 Å². The minimum atomic E-state index is -0.0798. The Morgan fingerprint density at radius 3 is 3.17 bits per heavy atom. The fourth-order valence-electron chi connectivity index (χ4n) is 3.03. The number of nitrogens with two attached hydrogens (primary N) is 1. The van der Waals surface area contributed by atoms with Crippen LogP contribution in [0.1, 0.15) is 33.8 Å². The highest BCUT2D eigenvalue weighted by Crippen LogP contribution is 2.20. The van der Waals surface area contributed by atoms with Gasteiger partial charge in [0, 0.05) is 24.5 Å². The van der Waals surface area contributed by atoms with Crippen molar-refractivity contribution in [2.24, 2.45) is 11.7 Å². The van der Waals surface area contributed by atoms with E-state index in [2.05, 4.69) is 27.7 Å². The lowest BCUT2D eigenvalue weighted by molar-refractivity contribution is 0.0930. The number of rotatable bonds is 6. The second-order valence-electron chi connectivity index (χ2n) is 6.04. The zero-order chi connectivity index (χ0) is 16.1. The largest absolute Gasteiger partial charge is 0.467 e. The van der Waals surface area contributed by atoms with E-state index < -0.39 is 0 Å². The highest BCUT2D eigenvalue weighted by atomic mass is 32.1. The van der Waals surface area contributed by atoms with Gasteiger partial charge in [-0.3, -0.25) is 9.69 Å². The van der Waals surface area contributed by atoms with E-state index in [0.29, 0.717) is 30.3 Å². The van der Waals surface area contributed by atoms with Crippen molar-refractivity contribution in [1.29, 1.82) is 0 Å². The van der Waals surface area contributed by atoms with Crippen molar-refractivity contribution < 1.29 is 9.21 Å². The van der Waals surface area contributed by atoms with Gasteiger partial charge in [0.25, 0.3) is 5.91 Å². The molecule has 1 aliphatic heterocycles. The van der Waals surface area contributed by atoms with Crippen molar-refractivity contribution in [3.63, 3.8) is 0 Å². The number of piperidine rings is 1. The maximum atomic E-state index is 12.1. The molecule has 0 aliphatic carbocycles. The monoisotopic (exact) mass is 333 g/mol. The molecule has 1 amide bonds. The summed E-state index contributed by atoms with van der Waals surface area (Å²) in [4.78, 5) is 16.0. The SMILES string of the molecule is NCc1cc(C(=O)NCC2CCCN(Cc3cccs3)C2)co1. The third-order valence-corrected chi connectivity index (χ3v) is 5.09. The first-order valence-corrected chi connectivity index (χ1v) is 8.93. The van der Waals surface area contributed by atoms with E-state index in [1.165, 1.54) is 24.0 Å². The number of nitrogens with one attached hydrogen (secondary N) is 1. The number of likely N-dealkylation sites (tertiary alicyclic amines) is 1. The number of carbonyl (C=O) groups excluding carboxylic acids is 1. The predicted octanol–water partition coefficient (Wildman–Crippen LogP) is 2.44. The van der Waals surface area contributed by atoms with Crippen LogP contribution in [-0.4, -0.2) is 30.4 Å². The van der Waals surface area contributed by atoms with Crippen molar-refractivity contribution in [3.05, 3.63) is 46.0 Å². The van der Waals surface area contributed by atoms with Crippen LogP contribution >= 0.6 is 11.3 Å². The van der Waals surface area contributed by atoms with Gasteiger partial charge in [-0.05, 0) is 42.8 Å².